The number of nitrogen functional groups attached to an aromatic ring is 1. The number of thiazole rings is 1. The molecule has 0 saturated carbocycles. The molecule has 0 unspecified atom stereocenters. The van der Waals surface area contributed by atoms with Gasteiger partial charge in [0.05, 0.1) is 11.3 Å². The number of fused-ring (bicyclic) bond motifs is 1. The summed E-state index contributed by atoms with van der Waals surface area (Å²) in [6.45, 7) is 3.83. The van der Waals surface area contributed by atoms with Gasteiger partial charge < -0.3 is 15.5 Å². The highest BCUT2D eigenvalue weighted by Gasteiger charge is 2.17. The molecule has 4 heterocycles. The van der Waals surface area contributed by atoms with E-state index >= 15 is 0 Å². The lowest BCUT2D eigenvalue weighted by molar-refractivity contribution is 0.0992. The summed E-state index contributed by atoms with van der Waals surface area (Å²) in [5.74, 6) is 0.907. The predicted molar refractivity (Wildman–Crippen MR) is 129 cm³/mol. The minimum atomic E-state index is 0.0426. The van der Waals surface area contributed by atoms with Crippen LogP contribution in [0.4, 0.5) is 10.9 Å². The highest BCUT2D eigenvalue weighted by molar-refractivity contribution is 7.18. The quantitative estimate of drug-likeness (QED) is 0.471. The van der Waals surface area contributed by atoms with E-state index in [1.807, 2.05) is 30.5 Å². The number of anilines is 2. The maximum atomic E-state index is 13.0. The van der Waals surface area contributed by atoms with Crippen molar-refractivity contribution >= 4 is 38.8 Å². The molecule has 8 heteroatoms. The summed E-state index contributed by atoms with van der Waals surface area (Å²) in [5.41, 5.74) is 8.26. The molecule has 7 nitrogen and oxygen atoms in total. The van der Waals surface area contributed by atoms with Gasteiger partial charge in [-0.25, -0.2) is 9.97 Å². The van der Waals surface area contributed by atoms with E-state index < -0.39 is 0 Å². The van der Waals surface area contributed by atoms with Crippen LogP contribution in [0.5, 0.6) is 0 Å². The minimum absolute atomic E-state index is 0.0426. The summed E-state index contributed by atoms with van der Waals surface area (Å²) in [4.78, 5) is 31.7. The van der Waals surface area contributed by atoms with Crippen molar-refractivity contribution in [2.24, 2.45) is 0 Å². The Morgan fingerprint density at radius 3 is 2.62 bits per heavy atom. The zero-order valence-corrected chi connectivity index (χ0v) is 18.7. The second-order valence-electron chi connectivity index (χ2n) is 8.09. The first-order valence-corrected chi connectivity index (χ1v) is 11.4. The van der Waals surface area contributed by atoms with Crippen molar-refractivity contribution in [1.82, 2.24) is 19.9 Å². The SMILES string of the molecule is CN1CCN(c2cc(C(=O)Cc3cc4cc(-c5cnc(N)s5)ccc4cn3)ccn2)CC1. The van der Waals surface area contributed by atoms with Gasteiger partial charge in [-0.15, -0.1) is 0 Å². The number of carbonyl (C=O) groups excluding carboxylic acids is 1. The highest BCUT2D eigenvalue weighted by Crippen LogP contribution is 2.30. The molecule has 1 aliphatic heterocycles. The van der Waals surface area contributed by atoms with Gasteiger partial charge in [-0.1, -0.05) is 23.5 Å². The van der Waals surface area contributed by atoms with Gasteiger partial charge in [0, 0.05) is 61.4 Å². The van der Waals surface area contributed by atoms with Crippen molar-refractivity contribution < 1.29 is 4.79 Å². The van der Waals surface area contributed by atoms with E-state index in [0.29, 0.717) is 10.7 Å². The van der Waals surface area contributed by atoms with Crippen LogP contribution in [0.25, 0.3) is 21.2 Å². The number of hydrogen-bond acceptors (Lipinski definition) is 8. The summed E-state index contributed by atoms with van der Waals surface area (Å²) in [6, 6.07) is 11.8. The van der Waals surface area contributed by atoms with Crippen LogP contribution < -0.4 is 10.6 Å². The number of hydrogen-bond donors (Lipinski definition) is 1. The van der Waals surface area contributed by atoms with Crippen molar-refractivity contribution in [1.29, 1.82) is 0 Å². The highest BCUT2D eigenvalue weighted by atomic mass is 32.1. The van der Waals surface area contributed by atoms with Crippen LogP contribution in [0.2, 0.25) is 0 Å². The molecular weight excluding hydrogens is 420 g/mol. The lowest BCUT2D eigenvalue weighted by Gasteiger charge is -2.33. The first-order valence-electron chi connectivity index (χ1n) is 10.6. The fourth-order valence-corrected chi connectivity index (χ4v) is 4.61. The van der Waals surface area contributed by atoms with Crippen LogP contribution in [0.1, 0.15) is 16.1 Å². The monoisotopic (exact) mass is 444 g/mol. The van der Waals surface area contributed by atoms with Gasteiger partial charge in [0.15, 0.2) is 10.9 Å². The molecule has 3 aromatic heterocycles. The number of ketones is 1. The van der Waals surface area contributed by atoms with Crippen molar-refractivity contribution in [2.75, 3.05) is 43.9 Å². The van der Waals surface area contributed by atoms with Gasteiger partial charge in [0.25, 0.3) is 0 Å². The predicted octanol–water partition coefficient (Wildman–Crippen LogP) is 3.51. The molecule has 0 bridgehead atoms. The molecule has 5 rings (SSSR count). The third-order valence-corrected chi connectivity index (χ3v) is 6.70. The molecule has 0 spiro atoms. The second-order valence-corrected chi connectivity index (χ2v) is 9.16. The summed E-state index contributed by atoms with van der Waals surface area (Å²) < 4.78 is 0. The lowest BCUT2D eigenvalue weighted by atomic mass is 10.0. The average molecular weight is 445 g/mol. The third-order valence-electron chi connectivity index (χ3n) is 5.82. The van der Waals surface area contributed by atoms with Crippen LogP contribution in [-0.4, -0.2) is 58.9 Å². The Hall–Kier alpha value is -3.36. The summed E-state index contributed by atoms with van der Waals surface area (Å²) in [7, 11) is 2.12. The molecule has 0 amide bonds. The Kier molecular flexibility index (Phi) is 5.55. The topological polar surface area (TPSA) is 88.2 Å². The summed E-state index contributed by atoms with van der Waals surface area (Å²) in [6.07, 6.45) is 5.58. The van der Waals surface area contributed by atoms with Crippen LogP contribution in [0.3, 0.4) is 0 Å². The smallest absolute Gasteiger partial charge is 0.180 e. The van der Waals surface area contributed by atoms with Gasteiger partial charge in [-0.3, -0.25) is 9.78 Å². The van der Waals surface area contributed by atoms with Crippen LogP contribution in [0.15, 0.2) is 55.0 Å². The number of nitrogens with zero attached hydrogens (tertiary/aromatic N) is 5. The van der Waals surface area contributed by atoms with E-state index in [-0.39, 0.29) is 12.2 Å². The minimum Gasteiger partial charge on any atom is -0.375 e. The Bertz CT molecular complexity index is 1280. The molecule has 1 aliphatic rings. The number of nitrogens with two attached hydrogens (primary N) is 1. The van der Waals surface area contributed by atoms with Crippen molar-refractivity contribution in [3.05, 3.63) is 66.2 Å². The number of likely N-dealkylation sites (N-methyl/N-ethyl adjacent to an activating group) is 1. The van der Waals surface area contributed by atoms with E-state index in [1.54, 1.807) is 18.5 Å². The number of rotatable bonds is 5. The molecule has 32 heavy (non-hydrogen) atoms. The Morgan fingerprint density at radius 1 is 1.00 bits per heavy atom. The number of aromatic nitrogens is 3. The maximum absolute atomic E-state index is 13.0. The fourth-order valence-electron chi connectivity index (χ4n) is 3.92. The Labute approximate surface area is 190 Å². The second kappa shape index (κ2) is 8.64. The summed E-state index contributed by atoms with van der Waals surface area (Å²) in [5, 5.41) is 2.62. The van der Waals surface area contributed by atoms with Gasteiger partial charge in [0.1, 0.15) is 5.82 Å². The molecule has 4 aromatic rings. The zero-order chi connectivity index (χ0) is 22.1. The van der Waals surface area contributed by atoms with Gasteiger partial charge >= 0.3 is 0 Å². The number of pyridine rings is 2. The normalized spacial score (nSPS) is 14.7. The lowest BCUT2D eigenvalue weighted by Crippen LogP contribution is -2.44. The zero-order valence-electron chi connectivity index (χ0n) is 17.9. The van der Waals surface area contributed by atoms with E-state index in [9.17, 15) is 4.79 Å². The standard InChI is InChI=1S/C24H24N6OS/c1-29-6-8-30(9-7-29)23-12-16(4-5-26-23)21(31)13-20-11-19-10-17(2-3-18(19)14-27-20)22-15-28-24(25)32-22/h2-5,10-12,14-15H,6-9,13H2,1H3,(H2,25,28). The van der Waals surface area contributed by atoms with E-state index in [2.05, 4.69) is 37.9 Å². The molecule has 0 radical (unpaired) electrons. The van der Waals surface area contributed by atoms with Gasteiger partial charge in [-0.05, 0) is 42.3 Å². The van der Waals surface area contributed by atoms with Crippen LogP contribution in [-0.2, 0) is 6.42 Å². The van der Waals surface area contributed by atoms with Crippen LogP contribution >= 0.6 is 11.3 Å². The largest absolute Gasteiger partial charge is 0.375 e. The van der Waals surface area contributed by atoms with E-state index in [0.717, 1.165) is 58.9 Å². The Morgan fingerprint density at radius 2 is 1.84 bits per heavy atom. The molecule has 0 atom stereocenters. The van der Waals surface area contributed by atoms with E-state index in [4.69, 9.17) is 5.73 Å². The van der Waals surface area contributed by atoms with Crippen molar-refractivity contribution in [3.8, 4) is 10.4 Å². The van der Waals surface area contributed by atoms with Gasteiger partial charge in [-0.2, -0.15) is 0 Å². The fraction of sp³-hybridized carbons (Fsp3) is 0.250. The van der Waals surface area contributed by atoms with E-state index in [1.165, 1.54) is 11.3 Å². The molecule has 1 saturated heterocycles. The first-order chi connectivity index (χ1) is 15.5. The molecule has 1 fully saturated rings. The number of piperazine rings is 1. The van der Waals surface area contributed by atoms with Crippen LogP contribution in [0, 0.1) is 0 Å². The average Bonchev–Trinajstić information content (AvgIpc) is 3.25. The molecule has 162 valence electrons. The van der Waals surface area contributed by atoms with Crippen molar-refractivity contribution in [3.63, 3.8) is 0 Å². The van der Waals surface area contributed by atoms with Crippen molar-refractivity contribution in [2.45, 2.75) is 6.42 Å². The number of Topliss-reactive ketones (excluding diaryl/α,β-unsaturated/α-hetero) is 1. The molecule has 1 aromatic carbocycles. The molecular formula is C24H24N6OS. The molecule has 2 N–H and O–H groups in total. The third kappa shape index (κ3) is 4.32. The Balaban J connectivity index is 1.36. The maximum Gasteiger partial charge on any atom is 0.180 e. The first kappa shape index (κ1) is 20.5. The summed E-state index contributed by atoms with van der Waals surface area (Å²) >= 11 is 1.46. The van der Waals surface area contributed by atoms with Gasteiger partial charge in [0.2, 0.25) is 0 Å². The molecule has 0 aliphatic carbocycles. The number of carbonyl (C=O) groups is 1. The number of benzene rings is 1.